The molecule has 1 atom stereocenters. The van der Waals surface area contributed by atoms with Crippen LogP contribution in [-0.4, -0.2) is 31.1 Å². The van der Waals surface area contributed by atoms with Crippen LogP contribution in [0.15, 0.2) is 23.4 Å². The summed E-state index contributed by atoms with van der Waals surface area (Å²) in [5.74, 6) is 0.312. The predicted octanol–water partition coefficient (Wildman–Crippen LogP) is 1.88. The lowest BCUT2D eigenvalue weighted by Crippen LogP contribution is -2.21. The van der Waals surface area contributed by atoms with E-state index >= 15 is 0 Å². The standard InChI is InChI=1S/C10H14ClNO3S/c1-3-15-9-5-4-6-12-10(9)16(13,14)8(2)7-11/h4-6,8H,3,7H2,1-2H3. The highest BCUT2D eigenvalue weighted by molar-refractivity contribution is 7.92. The van der Waals surface area contributed by atoms with Crippen LogP contribution in [0.25, 0.3) is 0 Å². The molecule has 0 radical (unpaired) electrons. The van der Waals surface area contributed by atoms with Crippen molar-refractivity contribution in [2.24, 2.45) is 0 Å². The van der Waals surface area contributed by atoms with Gasteiger partial charge in [0.05, 0.1) is 11.9 Å². The number of hydrogen-bond acceptors (Lipinski definition) is 4. The summed E-state index contributed by atoms with van der Waals surface area (Å²) in [4.78, 5) is 3.87. The largest absolute Gasteiger partial charge is 0.491 e. The molecule has 90 valence electrons. The first-order valence-corrected chi connectivity index (χ1v) is 6.99. The van der Waals surface area contributed by atoms with Crippen molar-refractivity contribution in [2.45, 2.75) is 24.1 Å². The molecule has 0 aliphatic rings. The van der Waals surface area contributed by atoms with Crippen LogP contribution in [0.2, 0.25) is 0 Å². The number of pyridine rings is 1. The molecule has 0 spiro atoms. The third-order valence-corrected chi connectivity index (χ3v) is 4.77. The molecule has 4 nitrogen and oxygen atoms in total. The number of rotatable bonds is 5. The van der Waals surface area contributed by atoms with Crippen LogP contribution in [0, 0.1) is 0 Å². The quantitative estimate of drug-likeness (QED) is 0.761. The van der Waals surface area contributed by atoms with E-state index in [1.807, 2.05) is 0 Å². The lowest BCUT2D eigenvalue weighted by Gasteiger charge is -2.12. The SMILES string of the molecule is CCOc1cccnc1S(=O)(=O)C(C)CCl. The molecule has 1 aromatic rings. The number of alkyl halides is 1. The fraction of sp³-hybridized carbons (Fsp3) is 0.500. The van der Waals surface area contributed by atoms with Gasteiger partial charge in [0.2, 0.25) is 9.84 Å². The van der Waals surface area contributed by atoms with E-state index in [0.717, 1.165) is 0 Å². The summed E-state index contributed by atoms with van der Waals surface area (Å²) in [6.07, 6.45) is 1.43. The summed E-state index contributed by atoms with van der Waals surface area (Å²) in [7, 11) is -3.51. The highest BCUT2D eigenvalue weighted by Gasteiger charge is 2.27. The fourth-order valence-electron chi connectivity index (χ4n) is 1.13. The van der Waals surface area contributed by atoms with E-state index in [2.05, 4.69) is 4.98 Å². The van der Waals surface area contributed by atoms with E-state index < -0.39 is 15.1 Å². The van der Waals surface area contributed by atoms with Crippen molar-refractivity contribution in [3.05, 3.63) is 18.3 Å². The van der Waals surface area contributed by atoms with Gasteiger partial charge in [-0.15, -0.1) is 11.6 Å². The maximum Gasteiger partial charge on any atom is 0.203 e. The Morgan fingerprint density at radius 3 is 2.81 bits per heavy atom. The Labute approximate surface area is 101 Å². The molecule has 6 heteroatoms. The summed E-state index contributed by atoms with van der Waals surface area (Å²) < 4.78 is 29.3. The van der Waals surface area contributed by atoms with Gasteiger partial charge in [0.1, 0.15) is 0 Å². The number of sulfone groups is 1. The molecule has 0 bridgehead atoms. The highest BCUT2D eigenvalue weighted by Crippen LogP contribution is 2.24. The molecule has 0 aliphatic carbocycles. The van der Waals surface area contributed by atoms with Crippen molar-refractivity contribution in [2.75, 3.05) is 12.5 Å². The highest BCUT2D eigenvalue weighted by atomic mass is 35.5. The Hall–Kier alpha value is -0.810. The Kier molecular flexibility index (Phi) is 4.56. The minimum Gasteiger partial charge on any atom is -0.491 e. The molecule has 0 saturated carbocycles. The zero-order chi connectivity index (χ0) is 12.2. The Morgan fingerprint density at radius 2 is 2.25 bits per heavy atom. The first kappa shape index (κ1) is 13.3. The van der Waals surface area contributed by atoms with E-state index in [9.17, 15) is 8.42 Å². The average Bonchev–Trinajstić information content (AvgIpc) is 2.29. The van der Waals surface area contributed by atoms with Gasteiger partial charge in [-0.1, -0.05) is 0 Å². The van der Waals surface area contributed by atoms with Gasteiger partial charge in [-0.25, -0.2) is 13.4 Å². The van der Waals surface area contributed by atoms with E-state index in [1.54, 1.807) is 26.0 Å². The lowest BCUT2D eigenvalue weighted by atomic mass is 10.5. The van der Waals surface area contributed by atoms with Crippen LogP contribution in [0.1, 0.15) is 13.8 Å². The molecule has 0 fully saturated rings. The zero-order valence-electron chi connectivity index (χ0n) is 9.18. The normalized spacial score (nSPS) is 13.4. The summed E-state index contributed by atoms with van der Waals surface area (Å²) in [6, 6.07) is 3.22. The summed E-state index contributed by atoms with van der Waals surface area (Å²) in [6.45, 7) is 3.73. The summed E-state index contributed by atoms with van der Waals surface area (Å²) in [5.41, 5.74) is 0. The maximum atomic E-state index is 12.0. The molecular formula is C10H14ClNO3S. The van der Waals surface area contributed by atoms with Crippen molar-refractivity contribution in [1.29, 1.82) is 0 Å². The number of nitrogens with zero attached hydrogens (tertiary/aromatic N) is 1. The molecule has 1 unspecified atom stereocenters. The van der Waals surface area contributed by atoms with Gasteiger partial charge in [0.15, 0.2) is 10.8 Å². The van der Waals surface area contributed by atoms with Gasteiger partial charge < -0.3 is 4.74 Å². The number of ether oxygens (including phenoxy) is 1. The van der Waals surface area contributed by atoms with Crippen molar-refractivity contribution in [1.82, 2.24) is 4.98 Å². The van der Waals surface area contributed by atoms with Crippen molar-refractivity contribution in [3.63, 3.8) is 0 Å². The van der Waals surface area contributed by atoms with Crippen LogP contribution < -0.4 is 4.74 Å². The van der Waals surface area contributed by atoms with Crippen LogP contribution in [0.3, 0.4) is 0 Å². The van der Waals surface area contributed by atoms with Crippen LogP contribution >= 0.6 is 11.6 Å². The second-order valence-corrected chi connectivity index (χ2v) is 5.84. The summed E-state index contributed by atoms with van der Waals surface area (Å²) in [5, 5.41) is -0.715. The zero-order valence-corrected chi connectivity index (χ0v) is 10.8. The van der Waals surface area contributed by atoms with E-state index in [-0.39, 0.29) is 16.7 Å². The molecule has 1 rings (SSSR count). The third kappa shape index (κ3) is 2.65. The Morgan fingerprint density at radius 1 is 1.56 bits per heavy atom. The second-order valence-electron chi connectivity index (χ2n) is 3.25. The molecule has 0 amide bonds. The first-order chi connectivity index (χ1) is 7.54. The van der Waals surface area contributed by atoms with Crippen molar-refractivity contribution >= 4 is 21.4 Å². The van der Waals surface area contributed by atoms with Gasteiger partial charge in [-0.2, -0.15) is 0 Å². The van der Waals surface area contributed by atoms with Crippen LogP contribution in [0.4, 0.5) is 0 Å². The van der Waals surface area contributed by atoms with Gasteiger partial charge in [-0.05, 0) is 26.0 Å². The number of aromatic nitrogens is 1. The molecule has 0 aromatic carbocycles. The Balaban J connectivity index is 3.22. The minimum absolute atomic E-state index is 0.0322. The van der Waals surface area contributed by atoms with Gasteiger partial charge in [0, 0.05) is 12.1 Å². The Bertz CT molecular complexity index is 447. The summed E-state index contributed by atoms with van der Waals surface area (Å²) >= 11 is 5.57. The van der Waals surface area contributed by atoms with Crippen molar-refractivity contribution < 1.29 is 13.2 Å². The third-order valence-electron chi connectivity index (χ3n) is 2.05. The van der Waals surface area contributed by atoms with Crippen molar-refractivity contribution in [3.8, 4) is 5.75 Å². The minimum atomic E-state index is -3.51. The lowest BCUT2D eigenvalue weighted by molar-refractivity contribution is 0.328. The number of hydrogen-bond donors (Lipinski definition) is 0. The molecule has 0 saturated heterocycles. The fourth-order valence-corrected chi connectivity index (χ4v) is 2.79. The monoisotopic (exact) mass is 263 g/mol. The van der Waals surface area contributed by atoms with E-state index in [1.165, 1.54) is 6.20 Å². The second kappa shape index (κ2) is 5.50. The first-order valence-electron chi connectivity index (χ1n) is 4.91. The average molecular weight is 264 g/mol. The van der Waals surface area contributed by atoms with Gasteiger partial charge >= 0.3 is 0 Å². The van der Waals surface area contributed by atoms with Crippen LogP contribution in [-0.2, 0) is 9.84 Å². The molecular weight excluding hydrogens is 250 g/mol. The maximum absolute atomic E-state index is 12.0. The van der Waals surface area contributed by atoms with Gasteiger partial charge in [0.25, 0.3) is 0 Å². The number of halogens is 1. The smallest absolute Gasteiger partial charge is 0.203 e. The van der Waals surface area contributed by atoms with Crippen LogP contribution in [0.5, 0.6) is 5.75 Å². The molecule has 1 heterocycles. The molecule has 0 aliphatic heterocycles. The van der Waals surface area contributed by atoms with Gasteiger partial charge in [-0.3, -0.25) is 0 Å². The van der Waals surface area contributed by atoms with E-state index in [4.69, 9.17) is 16.3 Å². The topological polar surface area (TPSA) is 56.3 Å². The van der Waals surface area contributed by atoms with E-state index in [0.29, 0.717) is 6.61 Å². The molecule has 16 heavy (non-hydrogen) atoms. The molecule has 1 aromatic heterocycles. The predicted molar refractivity (Wildman–Crippen MR) is 62.8 cm³/mol. The molecule has 0 N–H and O–H groups in total.